The Morgan fingerprint density at radius 2 is 1.80 bits per heavy atom. The molecule has 0 radical (unpaired) electrons. The zero-order valence-corrected chi connectivity index (χ0v) is 11.7. The van der Waals surface area contributed by atoms with Crippen LogP contribution in [-0.4, -0.2) is 5.78 Å². The third-order valence-electron chi connectivity index (χ3n) is 3.57. The molecule has 0 fully saturated rings. The van der Waals surface area contributed by atoms with Gasteiger partial charge in [0.1, 0.15) is 0 Å². The van der Waals surface area contributed by atoms with E-state index in [2.05, 4.69) is 47.8 Å². The van der Waals surface area contributed by atoms with Crippen molar-refractivity contribution in [3.63, 3.8) is 0 Å². The van der Waals surface area contributed by atoms with Crippen molar-refractivity contribution < 1.29 is 4.79 Å². The minimum Gasteiger partial charge on any atom is -0.359 e. The molecule has 0 saturated carbocycles. The number of hydrogen-bond donors (Lipinski definition) is 1. The highest BCUT2D eigenvalue weighted by atomic mass is 16.1. The maximum atomic E-state index is 11.2. The van der Waals surface area contributed by atoms with E-state index >= 15 is 0 Å². The van der Waals surface area contributed by atoms with Gasteiger partial charge in [-0.1, -0.05) is 36.4 Å². The van der Waals surface area contributed by atoms with Gasteiger partial charge in [0.15, 0.2) is 5.78 Å². The molecule has 2 nitrogen and oxygen atoms in total. The van der Waals surface area contributed by atoms with Gasteiger partial charge in [0.2, 0.25) is 0 Å². The largest absolute Gasteiger partial charge is 0.359 e. The molecule has 20 heavy (non-hydrogen) atoms. The van der Waals surface area contributed by atoms with Crippen molar-refractivity contribution in [3.8, 4) is 11.1 Å². The first-order valence-electron chi connectivity index (χ1n) is 6.81. The number of carbonyl (C=O) groups is 1. The fourth-order valence-corrected chi connectivity index (χ4v) is 2.85. The highest BCUT2D eigenvalue weighted by molar-refractivity contribution is 5.90. The van der Waals surface area contributed by atoms with Gasteiger partial charge in [0.25, 0.3) is 0 Å². The average Bonchev–Trinajstić information content (AvgIpc) is 2.77. The van der Waals surface area contributed by atoms with Gasteiger partial charge in [-0.25, -0.2) is 0 Å². The second-order valence-corrected chi connectivity index (χ2v) is 5.24. The molecule has 0 bridgehead atoms. The zero-order valence-electron chi connectivity index (χ0n) is 11.7. The quantitative estimate of drug-likeness (QED) is 0.719. The highest BCUT2D eigenvalue weighted by Gasteiger charge is 2.20. The third-order valence-corrected chi connectivity index (χ3v) is 3.57. The van der Waals surface area contributed by atoms with Crippen LogP contribution in [0, 0.1) is 0 Å². The fourth-order valence-electron chi connectivity index (χ4n) is 2.85. The number of carbonyl (C=O) groups excluding carboxylic acids is 1. The van der Waals surface area contributed by atoms with Crippen LogP contribution >= 0.6 is 0 Å². The monoisotopic (exact) mass is 263 g/mol. The van der Waals surface area contributed by atoms with Crippen LogP contribution in [-0.2, 0) is 11.2 Å². The SMILES string of the molecule is CC(=O)C=C(C)Nc1cccc2c1-c1ccccc1C2. The molecule has 0 unspecified atom stereocenters. The number of fused-ring (bicyclic) bond motifs is 3. The standard InChI is InChI=1S/C18H17NO/c1-12(10-13(2)20)19-17-9-5-7-15-11-14-6-3-4-8-16(14)18(15)17/h3-10,19H,11H2,1-2H3. The number of ketones is 1. The Balaban J connectivity index is 2.05. The van der Waals surface area contributed by atoms with Crippen LogP contribution in [0.4, 0.5) is 5.69 Å². The summed E-state index contributed by atoms with van der Waals surface area (Å²) in [5, 5.41) is 3.35. The molecule has 3 rings (SSSR count). The Bertz CT molecular complexity index is 713. The molecule has 0 aromatic heterocycles. The lowest BCUT2D eigenvalue weighted by Gasteiger charge is -2.12. The number of benzene rings is 2. The van der Waals surface area contributed by atoms with Crippen molar-refractivity contribution in [2.45, 2.75) is 20.3 Å². The molecular weight excluding hydrogens is 246 g/mol. The Morgan fingerprint density at radius 1 is 1.05 bits per heavy atom. The molecular formula is C18H17NO. The van der Waals surface area contributed by atoms with Crippen LogP contribution in [0.2, 0.25) is 0 Å². The Hall–Kier alpha value is -2.35. The summed E-state index contributed by atoms with van der Waals surface area (Å²) in [7, 11) is 0. The van der Waals surface area contributed by atoms with Gasteiger partial charge in [-0.05, 0) is 49.1 Å². The Kier molecular flexibility index (Phi) is 3.15. The van der Waals surface area contributed by atoms with E-state index in [1.165, 1.54) is 22.3 Å². The molecule has 0 amide bonds. The van der Waals surface area contributed by atoms with Gasteiger partial charge < -0.3 is 5.32 Å². The van der Waals surface area contributed by atoms with Gasteiger partial charge in [0.05, 0.1) is 0 Å². The summed E-state index contributed by atoms with van der Waals surface area (Å²) in [6.45, 7) is 3.48. The summed E-state index contributed by atoms with van der Waals surface area (Å²) in [4.78, 5) is 11.2. The number of hydrogen-bond acceptors (Lipinski definition) is 2. The summed E-state index contributed by atoms with van der Waals surface area (Å²) in [6, 6.07) is 14.8. The third kappa shape index (κ3) is 2.25. The molecule has 0 saturated heterocycles. The van der Waals surface area contributed by atoms with Crippen LogP contribution < -0.4 is 5.32 Å². The summed E-state index contributed by atoms with van der Waals surface area (Å²) < 4.78 is 0. The molecule has 0 heterocycles. The van der Waals surface area contributed by atoms with Crippen molar-refractivity contribution in [2.24, 2.45) is 0 Å². The van der Waals surface area contributed by atoms with Crippen molar-refractivity contribution >= 4 is 11.5 Å². The smallest absolute Gasteiger partial charge is 0.154 e. The molecule has 0 atom stereocenters. The first kappa shape index (κ1) is 12.7. The molecule has 2 aromatic rings. The van der Waals surface area contributed by atoms with E-state index < -0.39 is 0 Å². The van der Waals surface area contributed by atoms with E-state index in [9.17, 15) is 4.79 Å². The van der Waals surface area contributed by atoms with Gasteiger partial charge in [0, 0.05) is 16.9 Å². The lowest BCUT2D eigenvalue weighted by molar-refractivity contribution is -0.112. The second-order valence-electron chi connectivity index (χ2n) is 5.24. The van der Waals surface area contributed by atoms with Crippen molar-refractivity contribution in [1.29, 1.82) is 0 Å². The van der Waals surface area contributed by atoms with E-state index in [-0.39, 0.29) is 5.78 Å². The summed E-state index contributed by atoms with van der Waals surface area (Å²) in [5.74, 6) is 0.0583. The molecule has 0 aliphatic heterocycles. The van der Waals surface area contributed by atoms with Crippen molar-refractivity contribution in [1.82, 2.24) is 0 Å². The fraction of sp³-hybridized carbons (Fsp3) is 0.167. The number of rotatable bonds is 3. The Labute approximate surface area is 119 Å². The van der Waals surface area contributed by atoms with E-state index in [1.54, 1.807) is 13.0 Å². The molecule has 100 valence electrons. The minimum atomic E-state index is 0.0583. The van der Waals surface area contributed by atoms with Crippen LogP contribution in [0.5, 0.6) is 0 Å². The maximum absolute atomic E-state index is 11.2. The van der Waals surface area contributed by atoms with E-state index in [0.29, 0.717) is 0 Å². The molecule has 2 aromatic carbocycles. The Morgan fingerprint density at radius 3 is 2.60 bits per heavy atom. The van der Waals surface area contributed by atoms with E-state index in [1.807, 2.05) is 6.92 Å². The van der Waals surface area contributed by atoms with Crippen molar-refractivity contribution in [2.75, 3.05) is 5.32 Å². The summed E-state index contributed by atoms with van der Waals surface area (Å²) in [6.07, 6.45) is 2.61. The first-order chi connectivity index (χ1) is 9.65. The van der Waals surface area contributed by atoms with Crippen LogP contribution in [0.25, 0.3) is 11.1 Å². The van der Waals surface area contributed by atoms with Crippen LogP contribution in [0.1, 0.15) is 25.0 Å². The van der Waals surface area contributed by atoms with Gasteiger partial charge >= 0.3 is 0 Å². The van der Waals surface area contributed by atoms with E-state index in [0.717, 1.165) is 17.8 Å². The molecule has 0 spiro atoms. The molecule has 1 aliphatic carbocycles. The normalized spacial score (nSPS) is 12.8. The lowest BCUT2D eigenvalue weighted by Crippen LogP contribution is -2.00. The maximum Gasteiger partial charge on any atom is 0.154 e. The van der Waals surface area contributed by atoms with Gasteiger partial charge in [-0.3, -0.25) is 4.79 Å². The molecule has 2 heteroatoms. The number of anilines is 1. The topological polar surface area (TPSA) is 29.1 Å². The lowest BCUT2D eigenvalue weighted by atomic mass is 10.0. The first-order valence-corrected chi connectivity index (χ1v) is 6.81. The van der Waals surface area contributed by atoms with Crippen LogP contribution in [0.3, 0.4) is 0 Å². The van der Waals surface area contributed by atoms with Gasteiger partial charge in [-0.15, -0.1) is 0 Å². The summed E-state index contributed by atoms with van der Waals surface area (Å²) >= 11 is 0. The van der Waals surface area contributed by atoms with Crippen LogP contribution in [0.15, 0.2) is 54.2 Å². The number of allylic oxidation sites excluding steroid dienone is 2. The van der Waals surface area contributed by atoms with Gasteiger partial charge in [-0.2, -0.15) is 0 Å². The zero-order chi connectivity index (χ0) is 14.1. The summed E-state index contributed by atoms with van der Waals surface area (Å²) in [5.41, 5.74) is 7.20. The predicted molar refractivity (Wildman–Crippen MR) is 82.7 cm³/mol. The second kappa shape index (κ2) is 4.97. The van der Waals surface area contributed by atoms with Crippen molar-refractivity contribution in [3.05, 3.63) is 65.4 Å². The average molecular weight is 263 g/mol. The minimum absolute atomic E-state index is 0.0583. The predicted octanol–water partition coefficient (Wildman–Crippen LogP) is 4.16. The number of nitrogens with one attached hydrogen (secondary N) is 1. The molecule has 1 N–H and O–H groups in total. The van der Waals surface area contributed by atoms with E-state index in [4.69, 9.17) is 0 Å². The molecule has 1 aliphatic rings. The highest BCUT2D eigenvalue weighted by Crippen LogP contribution is 2.41.